The maximum absolute atomic E-state index is 11.4. The van der Waals surface area contributed by atoms with Gasteiger partial charge in [-0.2, -0.15) is 0 Å². The van der Waals surface area contributed by atoms with E-state index in [1.165, 1.54) is 0 Å². The molecule has 224 valence electrons. The molecule has 7 rings (SSSR count). The zero-order valence-corrected chi connectivity index (χ0v) is 29.0. The van der Waals surface area contributed by atoms with Crippen LogP contribution in [0.4, 0.5) is 0 Å². The molecule has 0 unspecified atom stereocenters. The second kappa shape index (κ2) is 15.1. The van der Waals surface area contributed by atoms with Gasteiger partial charge in [-0.15, -0.1) is 11.3 Å². The summed E-state index contributed by atoms with van der Waals surface area (Å²) >= 11 is 1.57. The van der Waals surface area contributed by atoms with Gasteiger partial charge >= 0.3 is 26.2 Å². The minimum Gasteiger partial charge on any atom is -0.507 e. The van der Waals surface area contributed by atoms with Crippen molar-refractivity contribution in [2.24, 2.45) is 0 Å². The number of phenols is 2. The van der Waals surface area contributed by atoms with Gasteiger partial charge in [0.25, 0.3) is 0 Å². The Kier molecular flexibility index (Phi) is 11.3. The molecule has 0 atom stereocenters. The van der Waals surface area contributed by atoms with E-state index in [-0.39, 0.29) is 52.6 Å². The van der Waals surface area contributed by atoms with Crippen LogP contribution in [-0.4, -0.2) is 15.2 Å². The van der Waals surface area contributed by atoms with E-state index in [2.05, 4.69) is 5.38 Å². The molecule has 1 aromatic heterocycles. The van der Waals surface area contributed by atoms with Crippen LogP contribution in [0.1, 0.15) is 0 Å². The molecule has 0 fully saturated rings. The average Bonchev–Trinajstić information content (AvgIpc) is 3.56. The molecule has 0 spiro atoms. The smallest absolute Gasteiger partial charge is 0.507 e. The van der Waals surface area contributed by atoms with Gasteiger partial charge in [0.05, 0.1) is 5.69 Å². The summed E-state index contributed by atoms with van der Waals surface area (Å²) in [5, 5.41) is 25.7. The third-order valence-electron chi connectivity index (χ3n) is 7.69. The second-order valence-corrected chi connectivity index (χ2v) is 11.1. The molecule has 7 aromatic rings. The van der Waals surface area contributed by atoms with E-state index in [1.54, 1.807) is 11.3 Å². The molecule has 3 nitrogen and oxygen atoms in total. The molecular formula is C41H33NO2SZr. The van der Waals surface area contributed by atoms with E-state index in [4.69, 9.17) is 4.98 Å². The number of thiazole rings is 1. The number of aromatic nitrogens is 1. The average molecular weight is 695 g/mol. The summed E-state index contributed by atoms with van der Waals surface area (Å²) in [7, 11) is 0. The standard InChI is InChI=1S/C39H27NO2S.2CH3.Zr/c41-37-28(26-13-3-1-4-14-26)21-11-23-33(37)30-17-7-9-19-32(30)36-25-43-39(40-36)35-20-10-8-18-31(35)34-24-12-22-29(38(34)42)27-15-5-2-6-16-27;;;/h1-25,41-42H;2*1H3;/q;2*-1;+2. The number of aromatic hydroxyl groups is 2. The van der Waals surface area contributed by atoms with Crippen LogP contribution in [0.25, 0.3) is 66.3 Å². The zero-order chi connectivity index (χ0) is 29.2. The van der Waals surface area contributed by atoms with Gasteiger partial charge in [0, 0.05) is 38.8 Å². The number of nitrogens with zero attached hydrogens (tertiary/aromatic N) is 1. The van der Waals surface area contributed by atoms with Crippen molar-refractivity contribution in [1.29, 1.82) is 0 Å². The molecule has 0 aliphatic heterocycles. The van der Waals surface area contributed by atoms with Crippen LogP contribution in [0.3, 0.4) is 0 Å². The first-order chi connectivity index (χ1) is 21.2. The zero-order valence-electron chi connectivity index (χ0n) is 25.7. The van der Waals surface area contributed by atoms with Crippen LogP contribution < -0.4 is 0 Å². The van der Waals surface area contributed by atoms with Crippen molar-refractivity contribution in [2.45, 2.75) is 0 Å². The number of hydrogen-bond donors (Lipinski definition) is 2. The molecule has 0 saturated heterocycles. The maximum atomic E-state index is 11.4. The largest absolute Gasteiger partial charge is 2.00 e. The Labute approximate surface area is 294 Å². The van der Waals surface area contributed by atoms with Gasteiger partial charge in [0.15, 0.2) is 0 Å². The number of para-hydroxylation sites is 2. The summed E-state index contributed by atoms with van der Waals surface area (Å²) in [5.41, 5.74) is 9.58. The SMILES string of the molecule is Oc1c(-c2ccccc2)cccc1-c1ccccc1-c1csc(-c2ccccc2-c2cccc(-c3ccccc3)c2O)n1.[CH3-].[CH3-].[Zr+2]. The minimum atomic E-state index is 0. The predicted molar refractivity (Wildman–Crippen MR) is 191 cm³/mol. The van der Waals surface area contributed by atoms with Crippen molar-refractivity contribution in [1.82, 2.24) is 4.98 Å². The van der Waals surface area contributed by atoms with Gasteiger partial charge in [-0.3, -0.25) is 0 Å². The number of phenolic OH excluding ortho intramolecular Hbond substituents is 2. The van der Waals surface area contributed by atoms with Crippen LogP contribution >= 0.6 is 11.3 Å². The molecule has 0 bridgehead atoms. The van der Waals surface area contributed by atoms with E-state index >= 15 is 0 Å². The third kappa shape index (κ3) is 6.53. The Balaban J connectivity index is 0.00000160. The Bertz CT molecular complexity index is 1910. The number of benzene rings is 6. The van der Waals surface area contributed by atoms with E-state index < -0.39 is 0 Å². The summed E-state index contributed by atoms with van der Waals surface area (Å²) in [5.74, 6) is 0.493. The van der Waals surface area contributed by atoms with Gasteiger partial charge in [-0.1, -0.05) is 146 Å². The third-order valence-corrected chi connectivity index (χ3v) is 8.56. The predicted octanol–water partition coefficient (Wildman–Crippen LogP) is 11.5. The summed E-state index contributed by atoms with van der Waals surface area (Å²) in [6, 6.07) is 47.7. The molecule has 46 heavy (non-hydrogen) atoms. The van der Waals surface area contributed by atoms with Gasteiger partial charge < -0.3 is 25.1 Å². The Morgan fingerprint density at radius 1 is 0.391 bits per heavy atom. The van der Waals surface area contributed by atoms with E-state index in [0.29, 0.717) is 0 Å². The molecule has 6 aromatic carbocycles. The van der Waals surface area contributed by atoms with Gasteiger partial charge in [0.2, 0.25) is 0 Å². The molecule has 5 heteroatoms. The van der Waals surface area contributed by atoms with Crippen molar-refractivity contribution in [3.63, 3.8) is 0 Å². The molecule has 1 heterocycles. The van der Waals surface area contributed by atoms with Crippen LogP contribution in [0.5, 0.6) is 11.5 Å². The summed E-state index contributed by atoms with van der Waals surface area (Å²) in [6.45, 7) is 0. The van der Waals surface area contributed by atoms with Crippen molar-refractivity contribution in [2.75, 3.05) is 0 Å². The van der Waals surface area contributed by atoms with Crippen LogP contribution in [-0.2, 0) is 26.2 Å². The van der Waals surface area contributed by atoms with Crippen LogP contribution in [0, 0.1) is 14.9 Å². The molecule has 0 aliphatic carbocycles. The Morgan fingerprint density at radius 2 is 0.761 bits per heavy atom. The summed E-state index contributed by atoms with van der Waals surface area (Å²) in [4.78, 5) is 5.10. The Hall–Kier alpha value is -4.57. The topological polar surface area (TPSA) is 53.4 Å². The van der Waals surface area contributed by atoms with E-state index in [9.17, 15) is 10.2 Å². The fraction of sp³-hybridized carbons (Fsp3) is 0. The quantitative estimate of drug-likeness (QED) is 0.170. The van der Waals surface area contributed by atoms with Crippen molar-refractivity contribution in [3.8, 4) is 77.8 Å². The van der Waals surface area contributed by atoms with Crippen LogP contribution in [0.15, 0.2) is 151 Å². The summed E-state index contributed by atoms with van der Waals surface area (Å²) < 4.78 is 0. The maximum Gasteiger partial charge on any atom is 2.00 e. The molecule has 2 N–H and O–H groups in total. The first-order valence-electron chi connectivity index (χ1n) is 14.1. The first-order valence-corrected chi connectivity index (χ1v) is 15.0. The second-order valence-electron chi connectivity index (χ2n) is 10.3. The molecule has 0 radical (unpaired) electrons. The van der Waals surface area contributed by atoms with E-state index in [0.717, 1.165) is 66.3 Å². The van der Waals surface area contributed by atoms with Crippen molar-refractivity contribution in [3.05, 3.63) is 166 Å². The normalized spacial score (nSPS) is 10.3. The van der Waals surface area contributed by atoms with E-state index in [1.807, 2.05) is 146 Å². The fourth-order valence-corrected chi connectivity index (χ4v) is 6.45. The number of hydrogen-bond acceptors (Lipinski definition) is 4. The molecule has 0 amide bonds. The Morgan fingerprint density at radius 3 is 1.26 bits per heavy atom. The van der Waals surface area contributed by atoms with Gasteiger partial charge in [-0.05, 0) is 22.3 Å². The van der Waals surface area contributed by atoms with Gasteiger partial charge in [-0.25, -0.2) is 4.98 Å². The molecule has 0 saturated carbocycles. The molecular weight excluding hydrogens is 662 g/mol. The first kappa shape index (κ1) is 34.3. The van der Waals surface area contributed by atoms with Crippen molar-refractivity contribution >= 4 is 11.3 Å². The fourth-order valence-electron chi connectivity index (χ4n) is 5.59. The molecule has 0 aliphatic rings. The summed E-state index contributed by atoms with van der Waals surface area (Å²) in [6.07, 6.45) is 0. The monoisotopic (exact) mass is 693 g/mol. The van der Waals surface area contributed by atoms with Gasteiger partial charge in [0.1, 0.15) is 16.5 Å². The van der Waals surface area contributed by atoms with Crippen molar-refractivity contribution < 1.29 is 36.4 Å². The van der Waals surface area contributed by atoms with Crippen LogP contribution in [0.2, 0.25) is 0 Å². The minimum absolute atomic E-state index is 0. The number of rotatable bonds is 6.